The average molecular weight is 168 g/mol. The maximum absolute atomic E-state index is 8.40. The van der Waals surface area contributed by atoms with Crippen LogP contribution in [0.5, 0.6) is 0 Å². The van der Waals surface area contributed by atoms with E-state index < -0.39 is 0 Å². The van der Waals surface area contributed by atoms with Crippen molar-refractivity contribution in [3.63, 3.8) is 0 Å². The second kappa shape index (κ2) is 5.09. The van der Waals surface area contributed by atoms with Gasteiger partial charge < -0.3 is 0 Å². The van der Waals surface area contributed by atoms with Gasteiger partial charge in [0.15, 0.2) is 0 Å². The Hall–Kier alpha value is -0.630. The first-order valence-corrected chi connectivity index (χ1v) is 4.46. The zero-order chi connectivity index (χ0) is 8.81. The lowest BCUT2D eigenvalue weighted by Crippen LogP contribution is -2.61. The standard InChI is InChI=1S/C8H16N4/c1-2-7-10-6-11-8(12-7)4-3-5-9/h7-8,10-12H,2-4,6H2,1H3. The molecule has 1 fully saturated rings. The van der Waals surface area contributed by atoms with Gasteiger partial charge in [0.1, 0.15) is 0 Å². The lowest BCUT2D eigenvalue weighted by atomic mass is 10.2. The minimum atomic E-state index is 0.302. The van der Waals surface area contributed by atoms with Gasteiger partial charge in [-0.1, -0.05) is 6.92 Å². The van der Waals surface area contributed by atoms with Crippen LogP contribution in [0.2, 0.25) is 0 Å². The minimum absolute atomic E-state index is 0.302. The molecule has 0 aliphatic carbocycles. The molecule has 2 atom stereocenters. The topological polar surface area (TPSA) is 59.9 Å². The Morgan fingerprint density at radius 2 is 2.17 bits per heavy atom. The quantitative estimate of drug-likeness (QED) is 0.559. The molecule has 1 heterocycles. The monoisotopic (exact) mass is 168 g/mol. The molecule has 1 aliphatic rings. The van der Waals surface area contributed by atoms with E-state index in [1.54, 1.807) is 0 Å². The maximum atomic E-state index is 8.40. The van der Waals surface area contributed by atoms with Crippen LogP contribution in [0, 0.1) is 11.3 Å². The van der Waals surface area contributed by atoms with Gasteiger partial charge in [0.2, 0.25) is 0 Å². The van der Waals surface area contributed by atoms with Crippen LogP contribution in [-0.4, -0.2) is 19.0 Å². The maximum Gasteiger partial charge on any atom is 0.0622 e. The van der Waals surface area contributed by atoms with Crippen LogP contribution in [0.4, 0.5) is 0 Å². The van der Waals surface area contributed by atoms with Crippen molar-refractivity contribution in [1.82, 2.24) is 16.0 Å². The van der Waals surface area contributed by atoms with Crippen molar-refractivity contribution >= 4 is 0 Å². The molecule has 2 unspecified atom stereocenters. The highest BCUT2D eigenvalue weighted by atomic mass is 15.3. The summed E-state index contributed by atoms with van der Waals surface area (Å²) < 4.78 is 0. The van der Waals surface area contributed by atoms with Crippen molar-refractivity contribution in [2.75, 3.05) is 6.67 Å². The molecule has 0 radical (unpaired) electrons. The molecule has 1 saturated heterocycles. The molecule has 1 aliphatic heterocycles. The summed E-state index contributed by atoms with van der Waals surface area (Å²) in [6, 6.07) is 2.15. The first kappa shape index (κ1) is 9.46. The Balaban J connectivity index is 2.22. The van der Waals surface area contributed by atoms with Crippen LogP contribution in [0.3, 0.4) is 0 Å². The van der Waals surface area contributed by atoms with Gasteiger partial charge in [-0.3, -0.25) is 16.0 Å². The summed E-state index contributed by atoms with van der Waals surface area (Å²) in [5, 5.41) is 18.3. The van der Waals surface area contributed by atoms with Crippen molar-refractivity contribution in [2.45, 2.75) is 38.5 Å². The first-order chi connectivity index (χ1) is 5.86. The smallest absolute Gasteiger partial charge is 0.0622 e. The second-order valence-electron chi connectivity index (χ2n) is 2.96. The van der Waals surface area contributed by atoms with Gasteiger partial charge in [0.25, 0.3) is 0 Å². The highest BCUT2D eigenvalue weighted by Crippen LogP contribution is 1.98. The van der Waals surface area contributed by atoms with Crippen LogP contribution in [0.25, 0.3) is 0 Å². The number of rotatable bonds is 3. The van der Waals surface area contributed by atoms with Gasteiger partial charge in [-0.25, -0.2) is 0 Å². The Bertz CT molecular complexity index is 163. The Morgan fingerprint density at radius 3 is 2.83 bits per heavy atom. The number of hydrogen-bond donors (Lipinski definition) is 3. The highest BCUT2D eigenvalue weighted by Gasteiger charge is 2.16. The molecule has 0 spiro atoms. The molecule has 0 aromatic heterocycles. The summed E-state index contributed by atoms with van der Waals surface area (Å²) in [7, 11) is 0. The molecule has 0 aromatic rings. The van der Waals surface area contributed by atoms with Crippen LogP contribution in [0.15, 0.2) is 0 Å². The molecule has 3 N–H and O–H groups in total. The van der Waals surface area contributed by atoms with Gasteiger partial charge >= 0.3 is 0 Å². The SMILES string of the molecule is CCC1NCNC(CCC#N)N1. The van der Waals surface area contributed by atoms with E-state index in [0.29, 0.717) is 18.8 Å². The molecule has 4 heteroatoms. The third-order valence-electron chi connectivity index (χ3n) is 2.05. The van der Waals surface area contributed by atoms with Gasteiger partial charge in [0.05, 0.1) is 18.4 Å². The Labute approximate surface area is 73.3 Å². The van der Waals surface area contributed by atoms with E-state index in [0.717, 1.165) is 19.5 Å². The molecule has 68 valence electrons. The van der Waals surface area contributed by atoms with Crippen molar-refractivity contribution in [3.05, 3.63) is 0 Å². The van der Waals surface area contributed by atoms with Gasteiger partial charge in [0, 0.05) is 13.1 Å². The van der Waals surface area contributed by atoms with Crippen LogP contribution >= 0.6 is 0 Å². The summed E-state index contributed by atoms with van der Waals surface area (Å²) in [5.41, 5.74) is 0. The predicted molar refractivity (Wildman–Crippen MR) is 47.0 cm³/mol. The molecule has 0 bridgehead atoms. The van der Waals surface area contributed by atoms with E-state index in [2.05, 4.69) is 28.9 Å². The van der Waals surface area contributed by atoms with Crippen LogP contribution in [-0.2, 0) is 0 Å². The summed E-state index contributed by atoms with van der Waals surface area (Å²) in [6.07, 6.45) is 3.27. The fourth-order valence-corrected chi connectivity index (χ4v) is 1.32. The third-order valence-corrected chi connectivity index (χ3v) is 2.05. The Morgan fingerprint density at radius 1 is 1.42 bits per heavy atom. The molecule has 0 amide bonds. The van der Waals surface area contributed by atoms with Gasteiger partial charge in [-0.2, -0.15) is 5.26 Å². The molecule has 1 rings (SSSR count). The molecule has 12 heavy (non-hydrogen) atoms. The highest BCUT2D eigenvalue weighted by molar-refractivity contribution is 4.79. The summed E-state index contributed by atoms with van der Waals surface area (Å²) in [6.45, 7) is 2.97. The van der Waals surface area contributed by atoms with E-state index in [1.807, 2.05) is 0 Å². The largest absolute Gasteiger partial charge is 0.289 e. The zero-order valence-electron chi connectivity index (χ0n) is 7.43. The fraction of sp³-hybridized carbons (Fsp3) is 0.875. The van der Waals surface area contributed by atoms with E-state index in [-0.39, 0.29) is 0 Å². The van der Waals surface area contributed by atoms with E-state index in [1.165, 1.54) is 0 Å². The molecular formula is C8H16N4. The first-order valence-electron chi connectivity index (χ1n) is 4.46. The predicted octanol–water partition coefficient (Wildman–Crippen LogP) is 0.0923. The number of nitrogens with zero attached hydrogens (tertiary/aromatic N) is 1. The number of hydrogen-bond acceptors (Lipinski definition) is 4. The Kier molecular flexibility index (Phi) is 4.01. The molecule has 4 nitrogen and oxygen atoms in total. The van der Waals surface area contributed by atoms with Gasteiger partial charge in [-0.15, -0.1) is 0 Å². The molecular weight excluding hydrogens is 152 g/mol. The van der Waals surface area contributed by atoms with Crippen molar-refractivity contribution in [2.24, 2.45) is 0 Å². The summed E-state index contributed by atoms with van der Waals surface area (Å²) >= 11 is 0. The summed E-state index contributed by atoms with van der Waals surface area (Å²) in [4.78, 5) is 0. The van der Waals surface area contributed by atoms with E-state index in [9.17, 15) is 0 Å². The van der Waals surface area contributed by atoms with Gasteiger partial charge in [-0.05, 0) is 12.8 Å². The molecule has 0 saturated carbocycles. The normalized spacial score (nSPS) is 29.7. The minimum Gasteiger partial charge on any atom is -0.289 e. The van der Waals surface area contributed by atoms with Crippen molar-refractivity contribution < 1.29 is 0 Å². The van der Waals surface area contributed by atoms with Crippen molar-refractivity contribution in [3.8, 4) is 6.07 Å². The van der Waals surface area contributed by atoms with Crippen molar-refractivity contribution in [1.29, 1.82) is 5.26 Å². The average Bonchev–Trinajstić information content (AvgIpc) is 2.15. The number of nitrogens with one attached hydrogen (secondary N) is 3. The molecule has 0 aromatic carbocycles. The lowest BCUT2D eigenvalue weighted by molar-refractivity contribution is 0.247. The third kappa shape index (κ3) is 2.78. The van der Waals surface area contributed by atoms with E-state index in [4.69, 9.17) is 5.26 Å². The zero-order valence-corrected chi connectivity index (χ0v) is 7.43. The second-order valence-corrected chi connectivity index (χ2v) is 2.96. The van der Waals surface area contributed by atoms with E-state index >= 15 is 0 Å². The number of nitriles is 1. The van der Waals surface area contributed by atoms with Crippen LogP contribution in [0.1, 0.15) is 26.2 Å². The summed E-state index contributed by atoms with van der Waals surface area (Å²) in [5.74, 6) is 0. The lowest BCUT2D eigenvalue weighted by Gasteiger charge is -2.32. The van der Waals surface area contributed by atoms with Crippen LogP contribution < -0.4 is 16.0 Å². The fourth-order valence-electron chi connectivity index (χ4n) is 1.32.